The second kappa shape index (κ2) is 5.88. The van der Waals surface area contributed by atoms with Gasteiger partial charge in [-0.15, -0.1) is 0 Å². The van der Waals surface area contributed by atoms with Gasteiger partial charge in [-0.1, -0.05) is 19.8 Å². The van der Waals surface area contributed by atoms with E-state index in [0.717, 1.165) is 43.5 Å². The number of aromatic nitrogens is 1. The van der Waals surface area contributed by atoms with Gasteiger partial charge in [-0.3, -0.25) is 4.98 Å². The summed E-state index contributed by atoms with van der Waals surface area (Å²) in [5.41, 5.74) is 7.40. The number of nitrogens with zero attached hydrogens (tertiary/aromatic N) is 2. The zero-order valence-corrected chi connectivity index (χ0v) is 12.0. The molecule has 4 nitrogen and oxygen atoms in total. The van der Waals surface area contributed by atoms with E-state index in [-0.39, 0.29) is 6.04 Å². The minimum absolute atomic E-state index is 0.0124. The molecule has 0 saturated heterocycles. The maximum atomic E-state index is 10.4. The van der Waals surface area contributed by atoms with E-state index in [4.69, 9.17) is 5.73 Å². The molecule has 0 unspecified atom stereocenters. The third-order valence-electron chi connectivity index (χ3n) is 4.10. The first-order valence-electron chi connectivity index (χ1n) is 7.19. The van der Waals surface area contributed by atoms with Crippen LogP contribution in [0.2, 0.25) is 0 Å². The first-order valence-corrected chi connectivity index (χ1v) is 7.19. The van der Waals surface area contributed by atoms with E-state index in [2.05, 4.69) is 16.8 Å². The summed E-state index contributed by atoms with van der Waals surface area (Å²) >= 11 is 0. The maximum Gasteiger partial charge on any atom is 0.0821 e. The van der Waals surface area contributed by atoms with Gasteiger partial charge < -0.3 is 15.7 Å². The molecule has 1 saturated carbocycles. The molecule has 0 bridgehead atoms. The fourth-order valence-corrected chi connectivity index (χ4v) is 2.78. The highest BCUT2D eigenvalue weighted by atomic mass is 16.3. The Bertz CT molecular complexity index is 398. The summed E-state index contributed by atoms with van der Waals surface area (Å²) in [7, 11) is 2.01. The van der Waals surface area contributed by atoms with Crippen molar-refractivity contribution < 1.29 is 5.11 Å². The number of nitrogens with two attached hydrogens (primary N) is 1. The normalized spacial score (nSPS) is 19.4. The molecular weight excluding hydrogens is 238 g/mol. The van der Waals surface area contributed by atoms with E-state index in [1.165, 1.54) is 0 Å². The number of hydrogen-bond donors (Lipinski definition) is 2. The summed E-state index contributed by atoms with van der Waals surface area (Å²) in [4.78, 5) is 6.50. The van der Waals surface area contributed by atoms with Crippen molar-refractivity contribution in [3.63, 3.8) is 0 Å². The topological polar surface area (TPSA) is 62.4 Å². The van der Waals surface area contributed by atoms with Gasteiger partial charge in [-0.25, -0.2) is 0 Å². The second-order valence-electron chi connectivity index (χ2n) is 5.74. The minimum Gasteiger partial charge on any atom is -0.388 e. The van der Waals surface area contributed by atoms with Crippen LogP contribution in [0.3, 0.4) is 0 Å². The van der Waals surface area contributed by atoms with Crippen LogP contribution in [0, 0.1) is 0 Å². The van der Waals surface area contributed by atoms with Crippen LogP contribution in [0.25, 0.3) is 0 Å². The average molecular weight is 263 g/mol. The van der Waals surface area contributed by atoms with E-state index in [0.29, 0.717) is 6.54 Å². The predicted octanol–water partition coefficient (Wildman–Crippen LogP) is 2.23. The SMILES string of the molecule is CC[C@H](N)c1ccc(N(C)CC2(O)CCCC2)cn1. The largest absolute Gasteiger partial charge is 0.388 e. The van der Waals surface area contributed by atoms with Crippen molar-refractivity contribution in [1.29, 1.82) is 0 Å². The first-order chi connectivity index (χ1) is 9.04. The molecule has 0 aromatic carbocycles. The molecule has 1 aliphatic carbocycles. The highest BCUT2D eigenvalue weighted by molar-refractivity contribution is 5.44. The van der Waals surface area contributed by atoms with E-state index in [1.54, 1.807) is 0 Å². The van der Waals surface area contributed by atoms with Gasteiger partial charge in [-0.2, -0.15) is 0 Å². The second-order valence-corrected chi connectivity index (χ2v) is 5.74. The Labute approximate surface area is 115 Å². The molecular formula is C15H25N3O. The molecule has 1 aromatic rings. The van der Waals surface area contributed by atoms with E-state index < -0.39 is 5.60 Å². The third kappa shape index (κ3) is 3.45. The number of aliphatic hydroxyl groups is 1. The van der Waals surface area contributed by atoms with Crippen molar-refractivity contribution in [1.82, 2.24) is 4.98 Å². The number of pyridine rings is 1. The van der Waals surface area contributed by atoms with Gasteiger partial charge in [0.15, 0.2) is 0 Å². The van der Waals surface area contributed by atoms with Crippen LogP contribution in [-0.4, -0.2) is 29.3 Å². The molecule has 3 N–H and O–H groups in total. The summed E-state index contributed by atoms with van der Waals surface area (Å²) in [6.45, 7) is 2.73. The van der Waals surface area contributed by atoms with Crippen LogP contribution >= 0.6 is 0 Å². The predicted molar refractivity (Wildman–Crippen MR) is 78.1 cm³/mol. The fourth-order valence-electron chi connectivity index (χ4n) is 2.78. The van der Waals surface area contributed by atoms with Crippen molar-refractivity contribution in [2.75, 3.05) is 18.5 Å². The van der Waals surface area contributed by atoms with Gasteiger partial charge in [-0.05, 0) is 31.4 Å². The van der Waals surface area contributed by atoms with E-state index >= 15 is 0 Å². The van der Waals surface area contributed by atoms with Gasteiger partial charge in [0, 0.05) is 19.6 Å². The number of likely N-dealkylation sites (N-methyl/N-ethyl adjacent to an activating group) is 1. The zero-order valence-electron chi connectivity index (χ0n) is 12.0. The minimum atomic E-state index is -0.521. The zero-order chi connectivity index (χ0) is 13.9. The fraction of sp³-hybridized carbons (Fsp3) is 0.667. The summed E-state index contributed by atoms with van der Waals surface area (Å²) in [6, 6.07) is 4.04. The van der Waals surface area contributed by atoms with Crippen LogP contribution in [-0.2, 0) is 0 Å². The summed E-state index contributed by atoms with van der Waals surface area (Å²) in [5.74, 6) is 0. The summed E-state index contributed by atoms with van der Waals surface area (Å²) < 4.78 is 0. The molecule has 4 heteroatoms. The van der Waals surface area contributed by atoms with Gasteiger partial charge in [0.1, 0.15) is 0 Å². The van der Waals surface area contributed by atoms with Crippen LogP contribution in [0.4, 0.5) is 5.69 Å². The standard InChI is InChI=1S/C15H25N3O/c1-3-13(16)14-7-6-12(10-17-14)18(2)11-15(19)8-4-5-9-15/h6-7,10,13,19H,3-5,8-9,11,16H2,1-2H3/t13-/m0/s1. The Balaban J connectivity index is 2.01. The summed E-state index contributed by atoms with van der Waals surface area (Å²) in [6.07, 6.45) is 6.82. The molecule has 1 heterocycles. The smallest absolute Gasteiger partial charge is 0.0821 e. The summed E-state index contributed by atoms with van der Waals surface area (Å²) in [5, 5.41) is 10.4. The van der Waals surface area contributed by atoms with Gasteiger partial charge >= 0.3 is 0 Å². The Morgan fingerprint density at radius 3 is 2.63 bits per heavy atom. The first kappa shape index (κ1) is 14.3. The maximum absolute atomic E-state index is 10.4. The van der Waals surface area contributed by atoms with E-state index in [1.807, 2.05) is 25.4 Å². The lowest BCUT2D eigenvalue weighted by molar-refractivity contribution is 0.0559. The van der Waals surface area contributed by atoms with Gasteiger partial charge in [0.05, 0.1) is 23.2 Å². The van der Waals surface area contributed by atoms with Crippen LogP contribution in [0.15, 0.2) is 18.3 Å². The number of rotatable bonds is 5. The van der Waals surface area contributed by atoms with E-state index in [9.17, 15) is 5.11 Å². The lowest BCUT2D eigenvalue weighted by Crippen LogP contribution is -2.39. The molecule has 1 atom stereocenters. The molecule has 19 heavy (non-hydrogen) atoms. The van der Waals surface area contributed by atoms with Crippen molar-refractivity contribution in [2.45, 2.75) is 50.7 Å². The average Bonchev–Trinajstić information content (AvgIpc) is 2.84. The molecule has 1 aliphatic rings. The van der Waals surface area contributed by atoms with Crippen LogP contribution < -0.4 is 10.6 Å². The Kier molecular flexibility index (Phi) is 4.42. The molecule has 1 fully saturated rings. The molecule has 106 valence electrons. The monoisotopic (exact) mass is 263 g/mol. The van der Waals surface area contributed by atoms with Crippen molar-refractivity contribution in [2.24, 2.45) is 5.73 Å². The Morgan fingerprint density at radius 2 is 2.11 bits per heavy atom. The highest BCUT2D eigenvalue weighted by Crippen LogP contribution is 2.31. The molecule has 0 spiro atoms. The quantitative estimate of drug-likeness (QED) is 0.855. The van der Waals surface area contributed by atoms with Crippen molar-refractivity contribution in [3.8, 4) is 0 Å². The third-order valence-corrected chi connectivity index (χ3v) is 4.10. The van der Waals surface area contributed by atoms with Gasteiger partial charge in [0.25, 0.3) is 0 Å². The van der Waals surface area contributed by atoms with Crippen molar-refractivity contribution >= 4 is 5.69 Å². The van der Waals surface area contributed by atoms with Crippen LogP contribution in [0.5, 0.6) is 0 Å². The number of anilines is 1. The molecule has 0 aliphatic heterocycles. The van der Waals surface area contributed by atoms with Crippen LogP contribution in [0.1, 0.15) is 50.8 Å². The van der Waals surface area contributed by atoms with Crippen molar-refractivity contribution in [3.05, 3.63) is 24.0 Å². The highest BCUT2D eigenvalue weighted by Gasteiger charge is 2.32. The lowest BCUT2D eigenvalue weighted by atomic mass is 10.0. The van der Waals surface area contributed by atoms with Gasteiger partial charge in [0.2, 0.25) is 0 Å². The molecule has 2 rings (SSSR count). The lowest BCUT2D eigenvalue weighted by Gasteiger charge is -2.30. The Hall–Kier alpha value is -1.13. The molecule has 0 radical (unpaired) electrons. The molecule has 1 aromatic heterocycles. The number of hydrogen-bond acceptors (Lipinski definition) is 4. The Morgan fingerprint density at radius 1 is 1.42 bits per heavy atom. The molecule has 0 amide bonds.